The van der Waals surface area contributed by atoms with Crippen LogP contribution in [0.5, 0.6) is 5.75 Å². The lowest BCUT2D eigenvalue weighted by atomic mass is 9.86. The predicted molar refractivity (Wildman–Crippen MR) is 68.7 cm³/mol. The minimum absolute atomic E-state index is 0.0350. The zero-order valence-corrected chi connectivity index (χ0v) is 11.3. The molecule has 5 nitrogen and oxygen atoms in total. The van der Waals surface area contributed by atoms with Crippen LogP contribution in [0.15, 0.2) is 18.5 Å². The van der Waals surface area contributed by atoms with E-state index in [9.17, 15) is 5.11 Å². The number of nitrogens with zero attached hydrogens (tertiary/aromatic N) is 4. The van der Waals surface area contributed by atoms with Crippen molar-refractivity contribution in [3.63, 3.8) is 0 Å². The number of rotatable bonds is 2. The van der Waals surface area contributed by atoms with Gasteiger partial charge in [0.2, 0.25) is 0 Å². The Hall–Kier alpha value is -1.62. The lowest BCUT2D eigenvalue weighted by Crippen LogP contribution is -2.12. The van der Waals surface area contributed by atoms with Crippen LogP contribution in [-0.2, 0) is 12.0 Å². The molecule has 0 aliphatic heterocycles. The molecule has 1 heterocycles. The highest BCUT2D eigenvalue weighted by Crippen LogP contribution is 2.34. The second-order valence-corrected chi connectivity index (χ2v) is 5.63. The molecular formula is C12H15ClN4O. The van der Waals surface area contributed by atoms with Crippen LogP contribution in [-0.4, -0.2) is 25.3 Å². The molecule has 0 aliphatic rings. The molecular weight excluding hydrogens is 252 g/mol. The Labute approximate surface area is 110 Å². The van der Waals surface area contributed by atoms with E-state index >= 15 is 0 Å². The summed E-state index contributed by atoms with van der Waals surface area (Å²) >= 11 is 6.05. The van der Waals surface area contributed by atoms with E-state index in [-0.39, 0.29) is 11.2 Å². The third-order valence-corrected chi connectivity index (χ3v) is 3.02. The highest BCUT2D eigenvalue weighted by molar-refractivity contribution is 6.32. The molecule has 0 spiro atoms. The van der Waals surface area contributed by atoms with Crippen molar-refractivity contribution in [2.45, 2.75) is 32.7 Å². The second-order valence-electron chi connectivity index (χ2n) is 5.22. The Morgan fingerprint density at radius 3 is 2.61 bits per heavy atom. The largest absolute Gasteiger partial charge is 0.506 e. The van der Waals surface area contributed by atoms with E-state index in [2.05, 4.69) is 36.3 Å². The summed E-state index contributed by atoms with van der Waals surface area (Å²) in [6.07, 6.45) is 1.50. The summed E-state index contributed by atoms with van der Waals surface area (Å²) in [6, 6.07) is 3.73. The number of halogens is 1. The van der Waals surface area contributed by atoms with E-state index in [1.165, 1.54) is 11.0 Å². The van der Waals surface area contributed by atoms with Crippen LogP contribution in [0.2, 0.25) is 5.02 Å². The van der Waals surface area contributed by atoms with E-state index in [0.717, 1.165) is 5.56 Å². The quantitative estimate of drug-likeness (QED) is 0.906. The minimum atomic E-state index is -0.0350. The number of phenolic OH excluding ortho intramolecular Hbond substituents is 1. The van der Waals surface area contributed by atoms with Crippen molar-refractivity contribution >= 4 is 11.6 Å². The zero-order valence-electron chi connectivity index (χ0n) is 10.6. The van der Waals surface area contributed by atoms with Crippen molar-refractivity contribution in [3.05, 3.63) is 34.6 Å². The monoisotopic (exact) mass is 266 g/mol. The van der Waals surface area contributed by atoms with Gasteiger partial charge in [-0.3, -0.25) is 0 Å². The first-order chi connectivity index (χ1) is 8.38. The molecule has 2 aromatic rings. The van der Waals surface area contributed by atoms with E-state index < -0.39 is 0 Å². The Morgan fingerprint density at radius 2 is 2.06 bits per heavy atom. The molecule has 0 unspecified atom stereocenters. The molecule has 0 saturated heterocycles. The smallest absolute Gasteiger partial charge is 0.139 e. The zero-order chi connectivity index (χ0) is 13.3. The molecule has 96 valence electrons. The third-order valence-electron chi connectivity index (χ3n) is 2.73. The fourth-order valence-corrected chi connectivity index (χ4v) is 1.88. The van der Waals surface area contributed by atoms with Crippen LogP contribution >= 0.6 is 11.6 Å². The molecule has 0 saturated carbocycles. The SMILES string of the molecule is CC(C)(C)c1cc(Cl)c(O)c(Cn2cnnn2)c1. The number of hydrogen-bond acceptors (Lipinski definition) is 4. The van der Waals surface area contributed by atoms with Gasteiger partial charge in [-0.05, 0) is 33.5 Å². The van der Waals surface area contributed by atoms with Gasteiger partial charge in [-0.1, -0.05) is 32.4 Å². The fourth-order valence-electron chi connectivity index (χ4n) is 1.64. The molecule has 0 atom stereocenters. The topological polar surface area (TPSA) is 63.8 Å². The highest BCUT2D eigenvalue weighted by atomic mass is 35.5. The molecule has 1 aromatic heterocycles. The van der Waals surface area contributed by atoms with Gasteiger partial charge in [0.15, 0.2) is 0 Å². The fraction of sp³-hybridized carbons (Fsp3) is 0.417. The minimum Gasteiger partial charge on any atom is -0.506 e. The average Bonchev–Trinajstić information content (AvgIpc) is 2.75. The maximum atomic E-state index is 9.97. The number of phenols is 1. The molecule has 6 heteroatoms. The number of tetrazole rings is 1. The summed E-state index contributed by atoms with van der Waals surface area (Å²) in [5.41, 5.74) is 1.74. The van der Waals surface area contributed by atoms with Crippen LogP contribution < -0.4 is 0 Å². The van der Waals surface area contributed by atoms with Crippen molar-refractivity contribution < 1.29 is 5.11 Å². The van der Waals surface area contributed by atoms with Crippen LogP contribution in [0.3, 0.4) is 0 Å². The van der Waals surface area contributed by atoms with Crippen LogP contribution in [0, 0.1) is 0 Å². The molecule has 1 aromatic carbocycles. The molecule has 2 rings (SSSR count). The van der Waals surface area contributed by atoms with Gasteiger partial charge in [-0.2, -0.15) is 0 Å². The highest BCUT2D eigenvalue weighted by Gasteiger charge is 2.18. The lowest BCUT2D eigenvalue weighted by molar-refractivity contribution is 0.461. The number of aromatic nitrogens is 4. The van der Waals surface area contributed by atoms with Gasteiger partial charge in [0, 0.05) is 5.56 Å². The van der Waals surface area contributed by atoms with Crippen molar-refractivity contribution in [2.24, 2.45) is 0 Å². The summed E-state index contributed by atoms with van der Waals surface area (Å²) < 4.78 is 1.54. The first-order valence-electron chi connectivity index (χ1n) is 5.60. The van der Waals surface area contributed by atoms with Crippen molar-refractivity contribution in [2.75, 3.05) is 0 Å². The molecule has 18 heavy (non-hydrogen) atoms. The van der Waals surface area contributed by atoms with Crippen molar-refractivity contribution in [1.29, 1.82) is 0 Å². The standard InChI is InChI=1S/C12H15ClN4O/c1-12(2,3)9-4-8(11(18)10(13)5-9)6-17-7-14-15-16-17/h4-5,7,18H,6H2,1-3H3. The van der Waals surface area contributed by atoms with Gasteiger partial charge in [0.25, 0.3) is 0 Å². The molecule has 1 N–H and O–H groups in total. The van der Waals surface area contributed by atoms with Crippen LogP contribution in [0.4, 0.5) is 0 Å². The Balaban J connectivity index is 2.43. The summed E-state index contributed by atoms with van der Waals surface area (Å²) in [5, 5.41) is 21.2. The maximum Gasteiger partial charge on any atom is 0.139 e. The van der Waals surface area contributed by atoms with Crippen molar-refractivity contribution in [3.8, 4) is 5.75 Å². The number of aromatic hydroxyl groups is 1. The van der Waals surface area contributed by atoms with Gasteiger partial charge in [-0.15, -0.1) is 5.10 Å². The maximum absolute atomic E-state index is 9.97. The average molecular weight is 267 g/mol. The first kappa shape index (κ1) is 12.8. The van der Waals surface area contributed by atoms with Gasteiger partial charge in [-0.25, -0.2) is 4.68 Å². The van der Waals surface area contributed by atoms with E-state index in [1.54, 1.807) is 6.07 Å². The van der Waals surface area contributed by atoms with Crippen LogP contribution in [0.25, 0.3) is 0 Å². The summed E-state index contributed by atoms with van der Waals surface area (Å²) in [4.78, 5) is 0. The summed E-state index contributed by atoms with van der Waals surface area (Å²) in [7, 11) is 0. The van der Waals surface area contributed by atoms with Gasteiger partial charge in [0.05, 0.1) is 11.6 Å². The lowest BCUT2D eigenvalue weighted by Gasteiger charge is -2.21. The Morgan fingerprint density at radius 1 is 1.33 bits per heavy atom. The van der Waals surface area contributed by atoms with Gasteiger partial charge in [0.1, 0.15) is 12.1 Å². The van der Waals surface area contributed by atoms with Gasteiger partial charge >= 0.3 is 0 Å². The predicted octanol–water partition coefficient (Wildman–Crippen LogP) is 2.38. The van der Waals surface area contributed by atoms with E-state index in [0.29, 0.717) is 17.1 Å². The first-order valence-corrected chi connectivity index (χ1v) is 5.98. The van der Waals surface area contributed by atoms with E-state index in [4.69, 9.17) is 11.6 Å². The summed E-state index contributed by atoms with van der Waals surface area (Å²) in [5.74, 6) is 0.0835. The Bertz CT molecular complexity index is 546. The Kier molecular flexibility index (Phi) is 3.26. The molecule has 0 amide bonds. The van der Waals surface area contributed by atoms with Crippen molar-refractivity contribution in [1.82, 2.24) is 20.2 Å². The summed E-state index contributed by atoms with van der Waals surface area (Å²) in [6.45, 7) is 6.67. The van der Waals surface area contributed by atoms with Gasteiger partial charge < -0.3 is 5.11 Å². The number of benzene rings is 1. The third kappa shape index (κ3) is 2.61. The number of hydrogen-bond donors (Lipinski definition) is 1. The molecule has 0 aliphatic carbocycles. The van der Waals surface area contributed by atoms with Crippen LogP contribution in [0.1, 0.15) is 31.9 Å². The molecule has 0 fully saturated rings. The normalized spacial score (nSPS) is 11.8. The van der Waals surface area contributed by atoms with E-state index in [1.807, 2.05) is 6.07 Å². The molecule has 0 radical (unpaired) electrons. The second kappa shape index (κ2) is 4.57. The molecule has 0 bridgehead atoms.